The number of hydrogen-bond acceptors (Lipinski definition) is 7. The molecule has 1 aliphatic rings. The van der Waals surface area contributed by atoms with Gasteiger partial charge in [-0.25, -0.2) is 0 Å². The van der Waals surface area contributed by atoms with Crippen molar-refractivity contribution in [1.82, 2.24) is 20.3 Å². The summed E-state index contributed by atoms with van der Waals surface area (Å²) in [5.41, 5.74) is 3.24. The van der Waals surface area contributed by atoms with Gasteiger partial charge in [0.05, 0.1) is 0 Å². The van der Waals surface area contributed by atoms with E-state index in [-0.39, 0.29) is 0 Å². The van der Waals surface area contributed by atoms with E-state index in [1.165, 1.54) is 5.56 Å². The molecule has 4 rings (SSSR count). The molecule has 0 bridgehead atoms. The van der Waals surface area contributed by atoms with E-state index in [1.807, 2.05) is 30.3 Å². The van der Waals surface area contributed by atoms with Crippen molar-refractivity contribution in [3.05, 3.63) is 60.2 Å². The molecule has 1 fully saturated rings. The Morgan fingerprint density at radius 3 is 2.07 bits per heavy atom. The maximum absolute atomic E-state index is 4.68. The van der Waals surface area contributed by atoms with Crippen molar-refractivity contribution in [1.29, 1.82) is 0 Å². The van der Waals surface area contributed by atoms with Crippen LogP contribution in [-0.4, -0.2) is 41.1 Å². The Bertz CT molecular complexity index is 906. The standard InChI is InChI=1S/C22H27N7/c1-2-6-17-9-11-19(12-10-17)25-21-26-20(24-18-7-4-3-5-8-18)27-22(28-21)29-15-13-23-14-16-29/h3-5,7-12,23H,2,6,13-16H2,1H3,(H2,24,25,26,27,28). The Kier molecular flexibility index (Phi) is 6.16. The molecule has 150 valence electrons. The van der Waals surface area contributed by atoms with E-state index >= 15 is 0 Å². The van der Waals surface area contributed by atoms with Gasteiger partial charge in [-0.15, -0.1) is 0 Å². The van der Waals surface area contributed by atoms with Crippen molar-refractivity contribution in [3.63, 3.8) is 0 Å². The molecule has 3 aromatic rings. The number of aromatic nitrogens is 3. The second-order valence-corrected chi connectivity index (χ2v) is 7.08. The van der Waals surface area contributed by atoms with Crippen LogP contribution in [0.4, 0.5) is 29.2 Å². The zero-order chi connectivity index (χ0) is 19.9. The predicted molar refractivity (Wildman–Crippen MR) is 118 cm³/mol. The summed E-state index contributed by atoms with van der Waals surface area (Å²) in [5.74, 6) is 1.75. The number of piperazine rings is 1. The number of nitrogens with one attached hydrogen (secondary N) is 3. The number of anilines is 5. The molecule has 2 heterocycles. The van der Waals surface area contributed by atoms with Crippen molar-refractivity contribution in [3.8, 4) is 0 Å². The van der Waals surface area contributed by atoms with Crippen LogP contribution in [0, 0.1) is 0 Å². The molecule has 0 saturated carbocycles. The number of nitrogens with zero attached hydrogens (tertiary/aromatic N) is 4. The lowest BCUT2D eigenvalue weighted by atomic mass is 10.1. The molecule has 0 unspecified atom stereocenters. The normalized spacial score (nSPS) is 13.9. The lowest BCUT2D eigenvalue weighted by Gasteiger charge is -2.27. The van der Waals surface area contributed by atoms with Crippen molar-refractivity contribution in [2.45, 2.75) is 19.8 Å². The van der Waals surface area contributed by atoms with Crippen LogP contribution < -0.4 is 20.9 Å². The summed E-state index contributed by atoms with van der Waals surface area (Å²) in [4.78, 5) is 16.1. The monoisotopic (exact) mass is 389 g/mol. The summed E-state index contributed by atoms with van der Waals surface area (Å²) in [6.45, 7) is 5.79. The minimum atomic E-state index is 0.532. The Morgan fingerprint density at radius 2 is 1.45 bits per heavy atom. The van der Waals surface area contributed by atoms with Crippen LogP contribution in [0.15, 0.2) is 54.6 Å². The molecule has 1 aromatic heterocycles. The second-order valence-electron chi connectivity index (χ2n) is 7.08. The Hall–Kier alpha value is -3.19. The molecule has 7 nitrogen and oxygen atoms in total. The Morgan fingerprint density at radius 1 is 0.828 bits per heavy atom. The van der Waals surface area contributed by atoms with Crippen molar-refractivity contribution in [2.75, 3.05) is 41.7 Å². The first kappa shape index (κ1) is 19.1. The lowest BCUT2D eigenvalue weighted by molar-refractivity contribution is 0.579. The van der Waals surface area contributed by atoms with E-state index in [0.717, 1.165) is 50.4 Å². The molecule has 29 heavy (non-hydrogen) atoms. The van der Waals surface area contributed by atoms with Crippen LogP contribution in [0.5, 0.6) is 0 Å². The highest BCUT2D eigenvalue weighted by molar-refractivity contribution is 5.59. The summed E-state index contributed by atoms with van der Waals surface area (Å²) in [5, 5.41) is 9.99. The van der Waals surface area contributed by atoms with Gasteiger partial charge in [-0.05, 0) is 36.2 Å². The fourth-order valence-electron chi connectivity index (χ4n) is 3.31. The quantitative estimate of drug-likeness (QED) is 0.568. The fourth-order valence-corrected chi connectivity index (χ4v) is 3.31. The van der Waals surface area contributed by atoms with Crippen LogP contribution >= 0.6 is 0 Å². The Labute approximate surface area is 171 Å². The first-order valence-corrected chi connectivity index (χ1v) is 10.2. The smallest absolute Gasteiger partial charge is 0.233 e. The summed E-state index contributed by atoms with van der Waals surface area (Å²) < 4.78 is 0. The third kappa shape index (κ3) is 5.20. The summed E-state index contributed by atoms with van der Waals surface area (Å²) in [6, 6.07) is 18.4. The zero-order valence-electron chi connectivity index (χ0n) is 16.7. The maximum Gasteiger partial charge on any atom is 0.233 e. The van der Waals surface area contributed by atoms with E-state index in [0.29, 0.717) is 17.8 Å². The number of rotatable bonds is 7. The SMILES string of the molecule is CCCc1ccc(Nc2nc(Nc3ccccc3)nc(N3CCNCC3)n2)cc1. The Balaban J connectivity index is 1.59. The highest BCUT2D eigenvalue weighted by Gasteiger charge is 2.16. The van der Waals surface area contributed by atoms with Gasteiger partial charge < -0.3 is 20.9 Å². The van der Waals surface area contributed by atoms with E-state index in [9.17, 15) is 0 Å². The van der Waals surface area contributed by atoms with E-state index < -0.39 is 0 Å². The molecule has 1 aliphatic heterocycles. The van der Waals surface area contributed by atoms with Gasteiger partial charge in [0.15, 0.2) is 0 Å². The molecule has 2 aromatic carbocycles. The number of hydrogen-bond donors (Lipinski definition) is 3. The van der Waals surface area contributed by atoms with Gasteiger partial charge in [-0.2, -0.15) is 15.0 Å². The van der Waals surface area contributed by atoms with Gasteiger partial charge in [-0.1, -0.05) is 43.7 Å². The molecule has 3 N–H and O–H groups in total. The summed E-state index contributed by atoms with van der Waals surface area (Å²) >= 11 is 0. The summed E-state index contributed by atoms with van der Waals surface area (Å²) in [6.07, 6.45) is 2.23. The van der Waals surface area contributed by atoms with Gasteiger partial charge in [0, 0.05) is 37.6 Å². The second kappa shape index (κ2) is 9.34. The van der Waals surface area contributed by atoms with E-state index in [4.69, 9.17) is 0 Å². The third-order valence-electron chi connectivity index (χ3n) is 4.80. The summed E-state index contributed by atoms with van der Waals surface area (Å²) in [7, 11) is 0. The van der Waals surface area contributed by atoms with Gasteiger partial charge in [0.1, 0.15) is 0 Å². The van der Waals surface area contributed by atoms with Crippen molar-refractivity contribution in [2.24, 2.45) is 0 Å². The molecule has 0 amide bonds. The first-order chi connectivity index (χ1) is 14.3. The lowest BCUT2D eigenvalue weighted by Crippen LogP contribution is -2.44. The van der Waals surface area contributed by atoms with Gasteiger partial charge in [0.25, 0.3) is 0 Å². The molecular weight excluding hydrogens is 362 g/mol. The van der Waals surface area contributed by atoms with E-state index in [1.54, 1.807) is 0 Å². The third-order valence-corrected chi connectivity index (χ3v) is 4.80. The minimum absolute atomic E-state index is 0.532. The molecule has 0 spiro atoms. The van der Waals surface area contributed by atoms with Crippen molar-refractivity contribution < 1.29 is 0 Å². The predicted octanol–water partition coefficient (Wildman–Crippen LogP) is 3.72. The van der Waals surface area contributed by atoms with Gasteiger partial charge in [-0.3, -0.25) is 0 Å². The van der Waals surface area contributed by atoms with Crippen LogP contribution in [-0.2, 0) is 6.42 Å². The molecule has 7 heteroatoms. The average Bonchev–Trinajstić information content (AvgIpc) is 2.76. The minimum Gasteiger partial charge on any atom is -0.338 e. The van der Waals surface area contributed by atoms with Gasteiger partial charge >= 0.3 is 0 Å². The maximum atomic E-state index is 4.68. The largest absolute Gasteiger partial charge is 0.338 e. The number of aryl methyl sites for hydroxylation is 1. The van der Waals surface area contributed by atoms with Crippen LogP contribution in [0.1, 0.15) is 18.9 Å². The van der Waals surface area contributed by atoms with Crippen LogP contribution in [0.2, 0.25) is 0 Å². The zero-order valence-corrected chi connectivity index (χ0v) is 16.7. The molecule has 1 saturated heterocycles. The van der Waals surface area contributed by atoms with Crippen LogP contribution in [0.25, 0.3) is 0 Å². The topological polar surface area (TPSA) is 78.0 Å². The number of para-hydroxylation sites is 1. The highest BCUT2D eigenvalue weighted by Crippen LogP contribution is 2.21. The first-order valence-electron chi connectivity index (χ1n) is 10.2. The molecule has 0 atom stereocenters. The van der Waals surface area contributed by atoms with Gasteiger partial charge in [0.2, 0.25) is 17.8 Å². The van der Waals surface area contributed by atoms with Crippen molar-refractivity contribution >= 4 is 29.2 Å². The number of benzene rings is 2. The van der Waals surface area contributed by atoms with Crippen LogP contribution in [0.3, 0.4) is 0 Å². The molecular formula is C22H27N7. The van der Waals surface area contributed by atoms with E-state index in [2.05, 4.69) is 67.0 Å². The highest BCUT2D eigenvalue weighted by atomic mass is 15.3. The average molecular weight is 390 g/mol. The molecule has 0 radical (unpaired) electrons. The fraction of sp³-hybridized carbons (Fsp3) is 0.318. The molecule has 0 aliphatic carbocycles.